The molecule has 1 fully saturated rings. The summed E-state index contributed by atoms with van der Waals surface area (Å²) in [6.45, 7) is 4.03. The minimum Gasteiger partial charge on any atom is -0.396 e. The molecular formula is C12H22O2. The number of hydrogen-bond acceptors (Lipinski definition) is 2. The van der Waals surface area contributed by atoms with Crippen molar-refractivity contribution < 1.29 is 9.90 Å². The molecule has 0 aliphatic heterocycles. The number of carbonyl (C=O) groups is 1. The maximum Gasteiger partial charge on any atom is 0.141 e. The number of aliphatic hydroxyl groups is 1. The van der Waals surface area contributed by atoms with Gasteiger partial charge in [0.05, 0.1) is 0 Å². The van der Waals surface area contributed by atoms with Crippen molar-refractivity contribution in [3.8, 4) is 0 Å². The first kappa shape index (κ1) is 11.7. The highest BCUT2D eigenvalue weighted by Crippen LogP contribution is 2.33. The highest BCUT2D eigenvalue weighted by Gasteiger charge is 2.33. The molecule has 0 heterocycles. The molecule has 1 N–H and O–H groups in total. The van der Waals surface area contributed by atoms with E-state index in [9.17, 15) is 4.79 Å². The van der Waals surface area contributed by atoms with E-state index in [0.29, 0.717) is 12.2 Å². The van der Waals surface area contributed by atoms with Crippen molar-refractivity contribution in [3.05, 3.63) is 0 Å². The van der Waals surface area contributed by atoms with E-state index in [2.05, 4.69) is 0 Å². The first-order chi connectivity index (χ1) is 6.58. The van der Waals surface area contributed by atoms with Crippen LogP contribution in [-0.4, -0.2) is 17.5 Å². The largest absolute Gasteiger partial charge is 0.396 e. The molecule has 0 aromatic carbocycles. The van der Waals surface area contributed by atoms with Crippen molar-refractivity contribution in [3.63, 3.8) is 0 Å². The summed E-state index contributed by atoms with van der Waals surface area (Å²) in [4.78, 5) is 12.1. The molecule has 0 saturated heterocycles. The summed E-state index contributed by atoms with van der Waals surface area (Å²) in [5.74, 6) is 0.636. The van der Waals surface area contributed by atoms with Gasteiger partial charge in [0.15, 0.2) is 0 Å². The van der Waals surface area contributed by atoms with Gasteiger partial charge in [-0.2, -0.15) is 0 Å². The SMILES string of the molecule is CC(C)(CCO)C(=O)C1CCCCC1. The Labute approximate surface area is 86.7 Å². The molecule has 82 valence electrons. The predicted octanol–water partition coefficient (Wildman–Crippen LogP) is 2.54. The summed E-state index contributed by atoms with van der Waals surface area (Å²) in [6.07, 6.45) is 6.41. The summed E-state index contributed by atoms with van der Waals surface area (Å²) in [5, 5.41) is 8.90. The third-order valence-corrected chi connectivity index (χ3v) is 3.38. The molecule has 0 amide bonds. The Morgan fingerprint density at radius 1 is 1.29 bits per heavy atom. The molecule has 0 aromatic rings. The third kappa shape index (κ3) is 2.81. The quantitative estimate of drug-likeness (QED) is 0.753. The fourth-order valence-electron chi connectivity index (χ4n) is 2.32. The Morgan fingerprint density at radius 2 is 1.86 bits per heavy atom. The van der Waals surface area contributed by atoms with E-state index in [1.165, 1.54) is 19.3 Å². The average molecular weight is 198 g/mol. The van der Waals surface area contributed by atoms with Crippen molar-refractivity contribution in [1.82, 2.24) is 0 Å². The van der Waals surface area contributed by atoms with Crippen LogP contribution in [-0.2, 0) is 4.79 Å². The number of aliphatic hydroxyl groups excluding tert-OH is 1. The van der Waals surface area contributed by atoms with Gasteiger partial charge < -0.3 is 5.11 Å². The first-order valence-corrected chi connectivity index (χ1v) is 5.73. The van der Waals surface area contributed by atoms with Crippen LogP contribution in [0.4, 0.5) is 0 Å². The monoisotopic (exact) mass is 198 g/mol. The Hall–Kier alpha value is -0.370. The van der Waals surface area contributed by atoms with Crippen LogP contribution < -0.4 is 0 Å². The lowest BCUT2D eigenvalue weighted by molar-refractivity contribution is -0.133. The number of Topliss-reactive ketones (excluding diaryl/α,β-unsaturated/α-hetero) is 1. The van der Waals surface area contributed by atoms with Gasteiger partial charge >= 0.3 is 0 Å². The molecule has 0 unspecified atom stereocenters. The van der Waals surface area contributed by atoms with Crippen LogP contribution in [0.3, 0.4) is 0 Å². The summed E-state index contributed by atoms with van der Waals surface area (Å²) < 4.78 is 0. The van der Waals surface area contributed by atoms with Crippen molar-refractivity contribution in [2.24, 2.45) is 11.3 Å². The summed E-state index contributed by atoms with van der Waals surface area (Å²) in [7, 11) is 0. The van der Waals surface area contributed by atoms with Crippen LogP contribution in [0, 0.1) is 11.3 Å². The fraction of sp³-hybridized carbons (Fsp3) is 0.917. The highest BCUT2D eigenvalue weighted by molar-refractivity contribution is 5.86. The Bertz CT molecular complexity index is 190. The lowest BCUT2D eigenvalue weighted by Crippen LogP contribution is -2.32. The minimum atomic E-state index is -0.323. The van der Waals surface area contributed by atoms with E-state index >= 15 is 0 Å². The number of carbonyl (C=O) groups excluding carboxylic acids is 1. The van der Waals surface area contributed by atoms with Crippen LogP contribution in [0.25, 0.3) is 0 Å². The highest BCUT2D eigenvalue weighted by atomic mass is 16.3. The zero-order chi connectivity index (χ0) is 10.6. The number of ketones is 1. The standard InChI is InChI=1S/C12H22O2/c1-12(2,8-9-13)11(14)10-6-4-3-5-7-10/h10,13H,3-9H2,1-2H3. The van der Waals surface area contributed by atoms with Gasteiger partial charge in [-0.25, -0.2) is 0 Å². The average Bonchev–Trinajstić information content (AvgIpc) is 2.18. The van der Waals surface area contributed by atoms with E-state index in [1.807, 2.05) is 13.8 Å². The third-order valence-electron chi connectivity index (χ3n) is 3.38. The summed E-state index contributed by atoms with van der Waals surface area (Å²) in [5.41, 5.74) is -0.323. The normalized spacial score (nSPS) is 19.6. The van der Waals surface area contributed by atoms with Crippen molar-refractivity contribution >= 4 is 5.78 Å². The molecule has 1 saturated carbocycles. The second kappa shape index (κ2) is 4.92. The van der Waals surface area contributed by atoms with Gasteiger partial charge in [-0.15, -0.1) is 0 Å². The molecule has 0 bridgehead atoms. The topological polar surface area (TPSA) is 37.3 Å². The van der Waals surface area contributed by atoms with Crippen molar-refractivity contribution in [2.75, 3.05) is 6.61 Å². The van der Waals surface area contributed by atoms with E-state index in [-0.39, 0.29) is 17.9 Å². The van der Waals surface area contributed by atoms with Gasteiger partial charge in [-0.1, -0.05) is 33.1 Å². The van der Waals surface area contributed by atoms with E-state index in [4.69, 9.17) is 5.11 Å². The Balaban J connectivity index is 2.53. The molecule has 1 aliphatic carbocycles. The van der Waals surface area contributed by atoms with Crippen LogP contribution in [0.15, 0.2) is 0 Å². The minimum absolute atomic E-state index is 0.117. The summed E-state index contributed by atoms with van der Waals surface area (Å²) >= 11 is 0. The smallest absolute Gasteiger partial charge is 0.141 e. The van der Waals surface area contributed by atoms with E-state index < -0.39 is 0 Å². The van der Waals surface area contributed by atoms with Gasteiger partial charge in [0.1, 0.15) is 5.78 Å². The predicted molar refractivity (Wildman–Crippen MR) is 57.1 cm³/mol. The van der Waals surface area contributed by atoms with Gasteiger partial charge in [0.25, 0.3) is 0 Å². The van der Waals surface area contributed by atoms with Gasteiger partial charge in [-0.05, 0) is 19.3 Å². The second-order valence-corrected chi connectivity index (χ2v) is 5.06. The van der Waals surface area contributed by atoms with Gasteiger partial charge in [-0.3, -0.25) is 4.79 Å². The van der Waals surface area contributed by atoms with Crippen LogP contribution in [0.5, 0.6) is 0 Å². The fourth-order valence-corrected chi connectivity index (χ4v) is 2.32. The van der Waals surface area contributed by atoms with E-state index in [0.717, 1.165) is 12.8 Å². The molecule has 0 atom stereocenters. The molecule has 0 spiro atoms. The molecule has 1 rings (SSSR count). The molecule has 0 radical (unpaired) electrons. The molecular weight excluding hydrogens is 176 g/mol. The van der Waals surface area contributed by atoms with Crippen molar-refractivity contribution in [1.29, 1.82) is 0 Å². The maximum atomic E-state index is 12.1. The van der Waals surface area contributed by atoms with E-state index in [1.54, 1.807) is 0 Å². The first-order valence-electron chi connectivity index (χ1n) is 5.73. The summed E-state index contributed by atoms with van der Waals surface area (Å²) in [6, 6.07) is 0. The van der Waals surface area contributed by atoms with Gasteiger partial charge in [0, 0.05) is 17.9 Å². The zero-order valence-corrected chi connectivity index (χ0v) is 9.38. The van der Waals surface area contributed by atoms with Crippen LogP contribution in [0.2, 0.25) is 0 Å². The molecule has 1 aliphatic rings. The van der Waals surface area contributed by atoms with Crippen LogP contribution in [0.1, 0.15) is 52.4 Å². The van der Waals surface area contributed by atoms with Crippen molar-refractivity contribution in [2.45, 2.75) is 52.4 Å². The van der Waals surface area contributed by atoms with Crippen LogP contribution >= 0.6 is 0 Å². The zero-order valence-electron chi connectivity index (χ0n) is 9.38. The maximum absolute atomic E-state index is 12.1. The molecule has 14 heavy (non-hydrogen) atoms. The van der Waals surface area contributed by atoms with Gasteiger partial charge in [0.2, 0.25) is 0 Å². The molecule has 0 aromatic heterocycles. The number of hydrogen-bond donors (Lipinski definition) is 1. The molecule has 2 nitrogen and oxygen atoms in total. The second-order valence-electron chi connectivity index (χ2n) is 5.06. The molecule has 2 heteroatoms. The lowest BCUT2D eigenvalue weighted by Gasteiger charge is -2.29. The Kier molecular flexibility index (Phi) is 4.11. The number of rotatable bonds is 4. The Morgan fingerprint density at radius 3 is 2.36 bits per heavy atom. The lowest BCUT2D eigenvalue weighted by atomic mass is 9.74.